The second-order valence-electron chi connectivity index (χ2n) is 3.16. The van der Waals surface area contributed by atoms with Gasteiger partial charge in [-0.3, -0.25) is 4.79 Å². The molecule has 1 heterocycles. The Bertz CT molecular complexity index is 224. The van der Waals surface area contributed by atoms with Crippen molar-refractivity contribution in [2.45, 2.75) is 6.42 Å². The highest BCUT2D eigenvalue weighted by molar-refractivity contribution is 5.78. The first-order valence-corrected chi connectivity index (χ1v) is 4.08. The quantitative estimate of drug-likeness (QED) is 0.530. The molecule has 3 heteroatoms. The van der Waals surface area contributed by atoms with Gasteiger partial charge >= 0.3 is 0 Å². The summed E-state index contributed by atoms with van der Waals surface area (Å²) in [5.41, 5.74) is 0. The second kappa shape index (κ2) is 4.13. The predicted molar refractivity (Wildman–Crippen MR) is 47.5 cm³/mol. The van der Waals surface area contributed by atoms with Crippen LogP contribution < -0.4 is 0 Å². The maximum absolute atomic E-state index is 11.4. The highest BCUT2D eigenvalue weighted by atomic mass is 16.2. The third-order valence-electron chi connectivity index (χ3n) is 1.71. The standard InChI is InChI=1S/C9H14N2O/c1-10(2)8-9(12)11-6-4-3-5-7-11/h4,6-8H2,1-2H3. The van der Waals surface area contributed by atoms with E-state index in [0.717, 1.165) is 13.0 Å². The van der Waals surface area contributed by atoms with E-state index < -0.39 is 0 Å². The molecule has 1 rings (SSSR count). The number of rotatable bonds is 2. The minimum absolute atomic E-state index is 0.175. The Morgan fingerprint density at radius 2 is 2.25 bits per heavy atom. The van der Waals surface area contributed by atoms with Gasteiger partial charge in [0, 0.05) is 13.0 Å². The topological polar surface area (TPSA) is 23.6 Å². The van der Waals surface area contributed by atoms with Gasteiger partial charge in [-0.15, -0.1) is 0 Å². The molecule has 0 N–H and O–H groups in total. The summed E-state index contributed by atoms with van der Waals surface area (Å²) in [5, 5.41) is 0. The zero-order valence-electron chi connectivity index (χ0n) is 7.63. The molecule has 1 aliphatic rings. The van der Waals surface area contributed by atoms with Gasteiger partial charge in [-0.05, 0) is 14.1 Å². The van der Waals surface area contributed by atoms with Crippen LogP contribution in [0.1, 0.15) is 6.42 Å². The van der Waals surface area contributed by atoms with E-state index in [1.54, 1.807) is 4.90 Å². The summed E-state index contributed by atoms with van der Waals surface area (Å²) in [7, 11) is 3.79. The molecule has 0 bridgehead atoms. The maximum Gasteiger partial charge on any atom is 0.237 e. The molecule has 0 saturated heterocycles. The fourth-order valence-electron chi connectivity index (χ4n) is 1.09. The molecule has 0 aliphatic carbocycles. The zero-order valence-corrected chi connectivity index (χ0v) is 7.63. The fraction of sp³-hybridized carbons (Fsp3) is 0.667. The van der Waals surface area contributed by atoms with Crippen molar-refractivity contribution in [3.8, 4) is 11.8 Å². The van der Waals surface area contributed by atoms with Gasteiger partial charge in [0.25, 0.3) is 0 Å². The van der Waals surface area contributed by atoms with Crippen LogP contribution in [-0.2, 0) is 4.79 Å². The van der Waals surface area contributed by atoms with E-state index in [4.69, 9.17) is 0 Å². The van der Waals surface area contributed by atoms with Crippen molar-refractivity contribution in [2.24, 2.45) is 0 Å². The molecule has 0 aromatic carbocycles. The third-order valence-corrected chi connectivity index (χ3v) is 1.71. The lowest BCUT2D eigenvalue weighted by atomic mass is 10.3. The van der Waals surface area contributed by atoms with E-state index in [0.29, 0.717) is 13.1 Å². The van der Waals surface area contributed by atoms with Crippen LogP contribution in [0.25, 0.3) is 0 Å². The smallest absolute Gasteiger partial charge is 0.237 e. The largest absolute Gasteiger partial charge is 0.329 e. The Balaban J connectivity index is 2.38. The van der Waals surface area contributed by atoms with Crippen molar-refractivity contribution >= 4 is 5.91 Å². The van der Waals surface area contributed by atoms with Crippen LogP contribution in [0.15, 0.2) is 0 Å². The van der Waals surface area contributed by atoms with Crippen molar-refractivity contribution < 1.29 is 4.79 Å². The van der Waals surface area contributed by atoms with Gasteiger partial charge in [-0.2, -0.15) is 0 Å². The lowest BCUT2D eigenvalue weighted by Crippen LogP contribution is -2.39. The molecular weight excluding hydrogens is 152 g/mol. The molecule has 3 nitrogen and oxygen atoms in total. The molecule has 0 unspecified atom stereocenters. The second-order valence-corrected chi connectivity index (χ2v) is 3.16. The van der Waals surface area contributed by atoms with E-state index in [2.05, 4.69) is 11.8 Å². The van der Waals surface area contributed by atoms with Gasteiger partial charge in [0.15, 0.2) is 0 Å². The number of carbonyl (C=O) groups excluding carboxylic acids is 1. The van der Waals surface area contributed by atoms with Crippen LogP contribution in [0.5, 0.6) is 0 Å². The Kier molecular flexibility index (Phi) is 3.12. The third kappa shape index (κ3) is 2.55. The van der Waals surface area contributed by atoms with Crippen LogP contribution >= 0.6 is 0 Å². The highest BCUT2D eigenvalue weighted by Crippen LogP contribution is 1.96. The van der Waals surface area contributed by atoms with Crippen molar-refractivity contribution in [3.63, 3.8) is 0 Å². The number of hydrogen-bond acceptors (Lipinski definition) is 2. The molecule has 0 fully saturated rings. The van der Waals surface area contributed by atoms with Crippen molar-refractivity contribution in [1.82, 2.24) is 9.80 Å². The lowest BCUT2D eigenvalue weighted by Gasteiger charge is -2.22. The maximum atomic E-state index is 11.4. The first kappa shape index (κ1) is 9.08. The van der Waals surface area contributed by atoms with Gasteiger partial charge in [0.1, 0.15) is 0 Å². The molecule has 12 heavy (non-hydrogen) atoms. The molecule has 0 aromatic rings. The van der Waals surface area contributed by atoms with Crippen LogP contribution in [-0.4, -0.2) is 49.4 Å². The number of hydrogen-bond donors (Lipinski definition) is 0. The lowest BCUT2D eigenvalue weighted by molar-refractivity contribution is -0.131. The normalized spacial score (nSPS) is 15.8. The SMILES string of the molecule is CN(C)CC(=O)N1CC#CCC1. The van der Waals surface area contributed by atoms with Crippen LogP contribution in [0.2, 0.25) is 0 Å². The highest BCUT2D eigenvalue weighted by Gasteiger charge is 2.13. The van der Waals surface area contributed by atoms with Gasteiger partial charge in [0.05, 0.1) is 13.1 Å². The summed E-state index contributed by atoms with van der Waals surface area (Å²) in [6.45, 7) is 1.88. The van der Waals surface area contributed by atoms with Crippen LogP contribution in [0.3, 0.4) is 0 Å². The van der Waals surface area contributed by atoms with Gasteiger partial charge in [-0.1, -0.05) is 11.8 Å². The first-order valence-electron chi connectivity index (χ1n) is 4.08. The van der Waals surface area contributed by atoms with E-state index >= 15 is 0 Å². The monoisotopic (exact) mass is 166 g/mol. The van der Waals surface area contributed by atoms with Gasteiger partial charge in [0.2, 0.25) is 5.91 Å². The summed E-state index contributed by atoms with van der Waals surface area (Å²) in [6.07, 6.45) is 0.819. The van der Waals surface area contributed by atoms with Crippen LogP contribution in [0, 0.1) is 11.8 Å². The molecule has 0 aromatic heterocycles. The Hall–Kier alpha value is -1.01. The van der Waals surface area contributed by atoms with E-state index in [-0.39, 0.29) is 5.91 Å². The van der Waals surface area contributed by atoms with Gasteiger partial charge in [-0.25, -0.2) is 0 Å². The molecule has 0 radical (unpaired) electrons. The molecule has 0 spiro atoms. The molecular formula is C9H14N2O. The van der Waals surface area contributed by atoms with Crippen molar-refractivity contribution in [2.75, 3.05) is 33.7 Å². The number of nitrogens with zero attached hydrogens (tertiary/aromatic N) is 2. The predicted octanol–water partition coefficient (Wildman–Crippen LogP) is -0.216. The molecule has 0 saturated carbocycles. The average molecular weight is 166 g/mol. The number of likely N-dealkylation sites (N-methyl/N-ethyl adjacent to an activating group) is 1. The number of amides is 1. The minimum atomic E-state index is 0.175. The summed E-state index contributed by atoms with van der Waals surface area (Å²) >= 11 is 0. The Labute approximate surface area is 73.3 Å². The van der Waals surface area contributed by atoms with E-state index in [1.807, 2.05) is 19.0 Å². The van der Waals surface area contributed by atoms with Crippen molar-refractivity contribution in [3.05, 3.63) is 0 Å². The van der Waals surface area contributed by atoms with E-state index in [1.165, 1.54) is 0 Å². The molecule has 0 atom stereocenters. The Morgan fingerprint density at radius 3 is 2.75 bits per heavy atom. The average Bonchev–Trinajstić information content (AvgIpc) is 2.05. The summed E-state index contributed by atoms with van der Waals surface area (Å²) in [5.74, 6) is 6.07. The fourth-order valence-corrected chi connectivity index (χ4v) is 1.09. The van der Waals surface area contributed by atoms with Gasteiger partial charge < -0.3 is 9.80 Å². The van der Waals surface area contributed by atoms with Crippen LogP contribution in [0.4, 0.5) is 0 Å². The molecule has 1 aliphatic heterocycles. The van der Waals surface area contributed by atoms with Crippen molar-refractivity contribution in [1.29, 1.82) is 0 Å². The number of carbonyl (C=O) groups is 1. The molecule has 66 valence electrons. The summed E-state index contributed by atoms with van der Waals surface area (Å²) in [4.78, 5) is 15.1. The summed E-state index contributed by atoms with van der Waals surface area (Å²) < 4.78 is 0. The molecule has 1 amide bonds. The zero-order chi connectivity index (χ0) is 8.97. The first-order chi connectivity index (χ1) is 5.70. The Morgan fingerprint density at radius 1 is 1.50 bits per heavy atom. The van der Waals surface area contributed by atoms with E-state index in [9.17, 15) is 4.79 Å². The minimum Gasteiger partial charge on any atom is -0.329 e. The summed E-state index contributed by atoms with van der Waals surface area (Å²) in [6, 6.07) is 0.